The maximum absolute atomic E-state index is 11.4. The third-order valence-electron chi connectivity index (χ3n) is 2.06. The molecule has 0 spiro atoms. The first-order valence-corrected chi connectivity index (χ1v) is 6.67. The first kappa shape index (κ1) is 13.7. The van der Waals surface area contributed by atoms with E-state index in [1.165, 1.54) is 11.6 Å². The van der Waals surface area contributed by atoms with Crippen LogP contribution in [0.2, 0.25) is 0 Å². The number of carbonyl (C=O) groups excluding carboxylic acids is 1. The summed E-state index contributed by atoms with van der Waals surface area (Å²) in [6.07, 6.45) is 1.54. The molecule has 0 bridgehead atoms. The maximum Gasteiger partial charge on any atom is 0.348 e. The van der Waals surface area contributed by atoms with Crippen LogP contribution in [0.4, 0.5) is 0 Å². The van der Waals surface area contributed by atoms with Gasteiger partial charge in [0.2, 0.25) is 0 Å². The molecule has 1 rings (SSSR count). The fourth-order valence-corrected chi connectivity index (χ4v) is 1.72. The van der Waals surface area contributed by atoms with Crippen LogP contribution < -0.4 is 0 Å². The Bertz CT molecular complexity index is 457. The third kappa shape index (κ3) is 4.19. The fraction of sp³-hybridized carbons (Fsp3) is 0.231. The monoisotopic (exact) mass is 341 g/mol. The molecule has 0 N–H and O–H groups in total. The number of carbonyl (C=O) groups is 1. The van der Waals surface area contributed by atoms with Crippen molar-refractivity contribution in [2.45, 2.75) is 11.4 Å². The van der Waals surface area contributed by atoms with Crippen molar-refractivity contribution in [3.63, 3.8) is 0 Å². The number of alkyl halides is 1. The lowest BCUT2D eigenvalue weighted by molar-refractivity contribution is -0.137. The minimum atomic E-state index is -0.576. The number of ether oxygens (including phenoxy) is 1. The summed E-state index contributed by atoms with van der Waals surface area (Å²) in [5.41, 5.74) is 2.05. The van der Waals surface area contributed by atoms with E-state index in [-0.39, 0.29) is 12.2 Å². The Hall–Kier alpha value is -1.35. The van der Waals surface area contributed by atoms with Crippen LogP contribution in [0.15, 0.2) is 29.8 Å². The smallest absolute Gasteiger partial charge is 0.348 e. The number of nitrogens with zero attached hydrogens (tertiary/aromatic N) is 1. The molecule has 0 aromatic heterocycles. The van der Waals surface area contributed by atoms with Gasteiger partial charge in [-0.25, -0.2) is 4.79 Å². The van der Waals surface area contributed by atoms with Gasteiger partial charge in [0.1, 0.15) is 11.6 Å². The molecule has 0 saturated carbocycles. The lowest BCUT2D eigenvalue weighted by Crippen LogP contribution is -2.05. The second-order valence-corrected chi connectivity index (χ2v) is 4.03. The average molecular weight is 341 g/mol. The van der Waals surface area contributed by atoms with Gasteiger partial charge in [0.15, 0.2) is 0 Å². The van der Waals surface area contributed by atoms with Crippen LogP contribution in [0.5, 0.6) is 0 Å². The summed E-state index contributed by atoms with van der Waals surface area (Å²) in [5, 5.41) is 8.86. The van der Waals surface area contributed by atoms with E-state index < -0.39 is 5.97 Å². The molecule has 88 valence electrons. The summed E-state index contributed by atoms with van der Waals surface area (Å²) in [4.78, 5) is 11.4. The number of rotatable bonds is 4. The molecule has 1 aromatic rings. The fourth-order valence-electron chi connectivity index (χ4n) is 1.22. The Kier molecular flexibility index (Phi) is 5.70. The quantitative estimate of drug-likeness (QED) is 0.278. The van der Waals surface area contributed by atoms with Gasteiger partial charge in [-0.15, -0.1) is 0 Å². The van der Waals surface area contributed by atoms with Crippen molar-refractivity contribution in [1.82, 2.24) is 0 Å². The van der Waals surface area contributed by atoms with E-state index in [0.717, 1.165) is 9.99 Å². The molecule has 17 heavy (non-hydrogen) atoms. The minimum absolute atomic E-state index is 0.0223. The summed E-state index contributed by atoms with van der Waals surface area (Å²) in [6, 6.07) is 9.55. The average Bonchev–Trinajstić information content (AvgIpc) is 2.37. The zero-order valence-corrected chi connectivity index (χ0v) is 11.6. The Morgan fingerprint density at radius 3 is 2.59 bits per heavy atom. The molecule has 0 radical (unpaired) electrons. The predicted molar refractivity (Wildman–Crippen MR) is 74.4 cm³/mol. The highest BCUT2D eigenvalue weighted by Gasteiger charge is 2.09. The molecule has 0 aliphatic rings. The van der Waals surface area contributed by atoms with Crippen LogP contribution in [-0.2, 0) is 14.0 Å². The van der Waals surface area contributed by atoms with Gasteiger partial charge in [0.25, 0.3) is 0 Å². The van der Waals surface area contributed by atoms with E-state index in [1.807, 2.05) is 30.3 Å². The van der Waals surface area contributed by atoms with E-state index in [9.17, 15) is 4.79 Å². The zero-order valence-electron chi connectivity index (χ0n) is 9.44. The Balaban J connectivity index is 2.91. The molecule has 4 heteroatoms. The molecular weight excluding hydrogens is 329 g/mol. The lowest BCUT2D eigenvalue weighted by Gasteiger charge is -2.00. The van der Waals surface area contributed by atoms with E-state index >= 15 is 0 Å². The minimum Gasteiger partial charge on any atom is -0.462 e. The summed E-state index contributed by atoms with van der Waals surface area (Å²) in [6.45, 7) is 1.98. The summed E-state index contributed by atoms with van der Waals surface area (Å²) in [5.74, 6) is -0.576. The second kappa shape index (κ2) is 7.07. The van der Waals surface area contributed by atoms with Crippen LogP contribution in [-0.4, -0.2) is 12.6 Å². The molecule has 3 nitrogen and oxygen atoms in total. The molecule has 1 aromatic carbocycles. The molecule has 0 heterocycles. The van der Waals surface area contributed by atoms with Crippen molar-refractivity contribution < 1.29 is 9.53 Å². The van der Waals surface area contributed by atoms with Crippen molar-refractivity contribution in [2.75, 3.05) is 6.61 Å². The first-order valence-electron chi connectivity index (χ1n) is 5.15. The second-order valence-electron chi connectivity index (χ2n) is 3.27. The van der Waals surface area contributed by atoms with Crippen molar-refractivity contribution in [3.05, 3.63) is 41.0 Å². The van der Waals surface area contributed by atoms with Crippen molar-refractivity contribution >= 4 is 34.6 Å². The number of halogens is 1. The molecule has 0 fully saturated rings. The van der Waals surface area contributed by atoms with Crippen molar-refractivity contribution in [3.8, 4) is 6.07 Å². The van der Waals surface area contributed by atoms with E-state index in [1.54, 1.807) is 6.92 Å². The Morgan fingerprint density at radius 2 is 2.12 bits per heavy atom. The molecule has 0 aliphatic heterocycles. The Labute approximate surface area is 114 Å². The van der Waals surface area contributed by atoms with Crippen LogP contribution in [0.1, 0.15) is 18.1 Å². The van der Waals surface area contributed by atoms with Gasteiger partial charge >= 0.3 is 5.97 Å². The SMILES string of the molecule is CCOC(=O)/C(C#N)=C\c1ccc(CI)cc1. The summed E-state index contributed by atoms with van der Waals surface area (Å²) in [7, 11) is 0. The first-order chi connectivity index (χ1) is 8.21. The Morgan fingerprint density at radius 1 is 1.47 bits per heavy atom. The van der Waals surface area contributed by atoms with Gasteiger partial charge in [-0.1, -0.05) is 46.9 Å². The number of benzene rings is 1. The number of nitriles is 1. The van der Waals surface area contributed by atoms with E-state index in [4.69, 9.17) is 10.00 Å². The predicted octanol–water partition coefficient (Wildman–Crippen LogP) is 3.09. The number of hydrogen-bond acceptors (Lipinski definition) is 3. The van der Waals surface area contributed by atoms with Gasteiger partial charge < -0.3 is 4.74 Å². The van der Waals surface area contributed by atoms with E-state index in [2.05, 4.69) is 22.6 Å². The van der Waals surface area contributed by atoms with Gasteiger partial charge in [-0.3, -0.25) is 0 Å². The molecular formula is C13H12INO2. The largest absolute Gasteiger partial charge is 0.462 e. The molecule has 0 unspecified atom stereocenters. The zero-order chi connectivity index (χ0) is 12.7. The highest BCUT2D eigenvalue weighted by Crippen LogP contribution is 2.12. The van der Waals surface area contributed by atoms with Gasteiger partial charge in [-0.2, -0.15) is 5.26 Å². The maximum atomic E-state index is 11.4. The van der Waals surface area contributed by atoms with Crippen LogP contribution in [0.25, 0.3) is 6.08 Å². The molecule has 0 amide bonds. The number of hydrogen-bond donors (Lipinski definition) is 0. The molecule has 0 saturated heterocycles. The van der Waals surface area contributed by atoms with Gasteiger partial charge in [0.05, 0.1) is 6.61 Å². The summed E-state index contributed by atoms with van der Waals surface area (Å²) < 4.78 is 5.72. The van der Waals surface area contributed by atoms with Gasteiger partial charge in [0, 0.05) is 4.43 Å². The molecule has 0 atom stereocenters. The lowest BCUT2D eigenvalue weighted by atomic mass is 10.1. The van der Waals surface area contributed by atoms with Crippen LogP contribution in [0.3, 0.4) is 0 Å². The number of esters is 1. The third-order valence-corrected chi connectivity index (χ3v) is 2.94. The van der Waals surface area contributed by atoms with Crippen LogP contribution >= 0.6 is 22.6 Å². The highest BCUT2D eigenvalue weighted by molar-refractivity contribution is 14.1. The topological polar surface area (TPSA) is 50.1 Å². The van der Waals surface area contributed by atoms with E-state index in [0.29, 0.717) is 0 Å². The van der Waals surface area contributed by atoms with Crippen molar-refractivity contribution in [2.24, 2.45) is 0 Å². The summed E-state index contributed by atoms with van der Waals surface area (Å²) >= 11 is 2.28. The van der Waals surface area contributed by atoms with Crippen LogP contribution in [0, 0.1) is 11.3 Å². The normalized spacial score (nSPS) is 10.8. The highest BCUT2D eigenvalue weighted by atomic mass is 127. The van der Waals surface area contributed by atoms with Crippen molar-refractivity contribution in [1.29, 1.82) is 5.26 Å². The van der Waals surface area contributed by atoms with Gasteiger partial charge in [-0.05, 0) is 24.1 Å². The standard InChI is InChI=1S/C13H12INO2/c1-2-17-13(16)12(9-15)7-10-3-5-11(8-14)6-4-10/h3-7H,2,8H2,1H3/b12-7-. The molecule has 0 aliphatic carbocycles.